The van der Waals surface area contributed by atoms with Crippen LogP contribution in [0.15, 0.2) is 40.6 Å². The molecule has 0 bridgehead atoms. The zero-order chi connectivity index (χ0) is 24.0. The lowest BCUT2D eigenvalue weighted by molar-refractivity contribution is -0.384. The normalized spacial score (nSPS) is 14.6. The van der Waals surface area contributed by atoms with Gasteiger partial charge in [0.1, 0.15) is 5.69 Å². The molecule has 2 heterocycles. The van der Waals surface area contributed by atoms with Gasteiger partial charge in [0.2, 0.25) is 15.9 Å². The third-order valence-corrected chi connectivity index (χ3v) is 8.84. The number of anilines is 1. The van der Waals surface area contributed by atoms with Crippen molar-refractivity contribution < 1.29 is 18.1 Å². The average molecular weight is 495 g/mol. The van der Waals surface area contributed by atoms with Crippen molar-refractivity contribution in [3.05, 3.63) is 50.7 Å². The molecule has 33 heavy (non-hydrogen) atoms. The monoisotopic (exact) mass is 494 g/mol. The largest absolute Gasteiger partial charge is 0.362 e. The second kappa shape index (κ2) is 11.1. The molecule has 1 aromatic heterocycles. The summed E-state index contributed by atoms with van der Waals surface area (Å²) in [4.78, 5) is 28.6. The average Bonchev–Trinajstić information content (AvgIpc) is 3.33. The number of aryl methyl sites for hydroxylation is 1. The number of nitro groups is 1. The highest BCUT2D eigenvalue weighted by molar-refractivity contribution is 7.89. The molecule has 180 valence electrons. The van der Waals surface area contributed by atoms with E-state index in [2.05, 4.69) is 6.07 Å². The summed E-state index contributed by atoms with van der Waals surface area (Å²) in [5, 5.41) is 13.8. The number of carbonyl (C=O) groups is 1. The number of thiophene rings is 1. The highest BCUT2D eigenvalue weighted by atomic mass is 32.2. The van der Waals surface area contributed by atoms with Gasteiger partial charge in [-0.1, -0.05) is 19.9 Å². The lowest BCUT2D eigenvalue weighted by atomic mass is 10.1. The molecule has 0 aliphatic carbocycles. The van der Waals surface area contributed by atoms with Crippen LogP contribution in [0.4, 0.5) is 11.4 Å². The Labute approximate surface area is 198 Å². The molecule has 1 aromatic carbocycles. The van der Waals surface area contributed by atoms with E-state index in [4.69, 9.17) is 0 Å². The van der Waals surface area contributed by atoms with Gasteiger partial charge in [0.05, 0.1) is 9.82 Å². The Morgan fingerprint density at radius 3 is 2.42 bits per heavy atom. The van der Waals surface area contributed by atoms with E-state index in [0.717, 1.165) is 18.9 Å². The fraction of sp³-hybridized carbons (Fsp3) is 0.500. The Morgan fingerprint density at radius 2 is 1.85 bits per heavy atom. The summed E-state index contributed by atoms with van der Waals surface area (Å²) in [7, 11) is -3.79. The number of hydrogen-bond acceptors (Lipinski definition) is 7. The summed E-state index contributed by atoms with van der Waals surface area (Å²) in [5.74, 6) is 0.0985. The van der Waals surface area contributed by atoms with Gasteiger partial charge in [0.15, 0.2) is 0 Å². The second-order valence-electron chi connectivity index (χ2n) is 7.80. The number of piperazine rings is 1. The summed E-state index contributed by atoms with van der Waals surface area (Å²) in [6.07, 6.45) is 2.17. The molecule has 0 radical (unpaired) electrons. The molecule has 1 amide bonds. The second-order valence-corrected chi connectivity index (χ2v) is 10.8. The smallest absolute Gasteiger partial charge is 0.293 e. The van der Waals surface area contributed by atoms with Gasteiger partial charge in [-0.2, -0.15) is 4.31 Å². The van der Waals surface area contributed by atoms with E-state index < -0.39 is 14.9 Å². The van der Waals surface area contributed by atoms with Crippen LogP contribution in [-0.4, -0.2) is 67.7 Å². The molecular weight excluding hydrogens is 464 g/mol. The minimum Gasteiger partial charge on any atom is -0.362 e. The van der Waals surface area contributed by atoms with Crippen molar-refractivity contribution in [3.8, 4) is 0 Å². The molecule has 0 spiro atoms. The van der Waals surface area contributed by atoms with Gasteiger partial charge in [-0.15, -0.1) is 11.3 Å². The highest BCUT2D eigenvalue weighted by Crippen LogP contribution is 2.32. The molecule has 0 saturated carbocycles. The number of carbonyl (C=O) groups excluding carboxylic acids is 1. The predicted molar refractivity (Wildman–Crippen MR) is 129 cm³/mol. The Morgan fingerprint density at radius 1 is 1.15 bits per heavy atom. The fourth-order valence-corrected chi connectivity index (χ4v) is 6.24. The summed E-state index contributed by atoms with van der Waals surface area (Å²) in [5.41, 5.74) is 0.141. The standard InChI is InChI=1S/C22H30N4O5S2/c1-3-25(4-2)33(30,31)19-10-11-20(21(17-19)26(28)29)23-12-14-24(15-13-23)22(27)9-5-7-18-8-6-16-32-18/h6,8,10-11,16-17H,3-5,7,9,12-15H2,1-2H3. The molecule has 2 aromatic rings. The molecule has 3 rings (SSSR count). The van der Waals surface area contributed by atoms with E-state index in [1.54, 1.807) is 30.1 Å². The number of nitrogens with zero attached hydrogens (tertiary/aromatic N) is 4. The third-order valence-electron chi connectivity index (χ3n) is 5.85. The molecule has 0 atom stereocenters. The Balaban J connectivity index is 1.65. The fourth-order valence-electron chi connectivity index (χ4n) is 4.01. The number of nitro benzene ring substituents is 1. The predicted octanol–water partition coefficient (Wildman–Crippen LogP) is 3.36. The lowest BCUT2D eigenvalue weighted by Crippen LogP contribution is -2.49. The van der Waals surface area contributed by atoms with Crippen molar-refractivity contribution in [2.45, 2.75) is 38.0 Å². The van der Waals surface area contributed by atoms with Crippen LogP contribution in [-0.2, 0) is 21.2 Å². The maximum atomic E-state index is 12.8. The molecule has 0 unspecified atom stereocenters. The summed E-state index contributed by atoms with van der Waals surface area (Å²) in [6, 6.07) is 8.15. The van der Waals surface area contributed by atoms with E-state index in [-0.39, 0.29) is 29.6 Å². The minimum absolute atomic E-state index is 0.0822. The summed E-state index contributed by atoms with van der Waals surface area (Å²) >= 11 is 1.69. The summed E-state index contributed by atoms with van der Waals surface area (Å²) in [6.45, 7) is 5.91. The summed E-state index contributed by atoms with van der Waals surface area (Å²) < 4.78 is 26.8. The van der Waals surface area contributed by atoms with Crippen LogP contribution in [0.25, 0.3) is 0 Å². The first-order valence-electron chi connectivity index (χ1n) is 11.1. The Bertz CT molecular complexity index is 1060. The van der Waals surface area contributed by atoms with Gasteiger partial charge < -0.3 is 9.80 Å². The first-order chi connectivity index (χ1) is 15.8. The van der Waals surface area contributed by atoms with E-state index in [9.17, 15) is 23.3 Å². The first kappa shape index (κ1) is 25.1. The SMILES string of the molecule is CCN(CC)S(=O)(=O)c1ccc(N2CCN(C(=O)CCCc3cccs3)CC2)c([N+](=O)[O-])c1. The van der Waals surface area contributed by atoms with Crippen molar-refractivity contribution in [3.63, 3.8) is 0 Å². The number of sulfonamides is 1. The van der Waals surface area contributed by atoms with Crippen LogP contribution >= 0.6 is 11.3 Å². The van der Waals surface area contributed by atoms with E-state index in [1.165, 1.54) is 21.3 Å². The lowest BCUT2D eigenvalue weighted by Gasteiger charge is -2.36. The highest BCUT2D eigenvalue weighted by Gasteiger charge is 2.29. The van der Waals surface area contributed by atoms with Crippen LogP contribution in [0.1, 0.15) is 31.6 Å². The Hall–Kier alpha value is -2.50. The van der Waals surface area contributed by atoms with Crippen LogP contribution in [0, 0.1) is 10.1 Å². The van der Waals surface area contributed by atoms with Crippen LogP contribution in [0.3, 0.4) is 0 Å². The molecule has 0 N–H and O–H groups in total. The molecule has 1 aliphatic heterocycles. The van der Waals surface area contributed by atoms with Crippen LogP contribution in [0.2, 0.25) is 0 Å². The number of amides is 1. The topological polar surface area (TPSA) is 104 Å². The van der Waals surface area contributed by atoms with Gasteiger partial charge in [0.25, 0.3) is 5.69 Å². The molecular formula is C22H30N4O5S2. The van der Waals surface area contributed by atoms with Crippen molar-refractivity contribution in [2.24, 2.45) is 0 Å². The molecule has 1 fully saturated rings. The zero-order valence-corrected chi connectivity index (χ0v) is 20.6. The van der Waals surface area contributed by atoms with Crippen molar-refractivity contribution in [1.82, 2.24) is 9.21 Å². The molecule has 1 aliphatic rings. The van der Waals surface area contributed by atoms with Gasteiger partial charge in [-0.05, 0) is 36.4 Å². The quantitative estimate of drug-likeness (QED) is 0.371. The number of rotatable bonds is 10. The van der Waals surface area contributed by atoms with Crippen molar-refractivity contribution in [2.75, 3.05) is 44.2 Å². The van der Waals surface area contributed by atoms with Gasteiger partial charge >= 0.3 is 0 Å². The molecule has 9 nitrogen and oxygen atoms in total. The molecule has 1 saturated heterocycles. The number of benzene rings is 1. The first-order valence-corrected chi connectivity index (χ1v) is 13.4. The van der Waals surface area contributed by atoms with Gasteiger partial charge in [-0.3, -0.25) is 14.9 Å². The third kappa shape index (κ3) is 5.90. The Kier molecular flexibility index (Phi) is 8.44. The maximum absolute atomic E-state index is 12.8. The zero-order valence-electron chi connectivity index (χ0n) is 19.0. The van der Waals surface area contributed by atoms with E-state index >= 15 is 0 Å². The van der Waals surface area contributed by atoms with E-state index in [1.807, 2.05) is 16.3 Å². The van der Waals surface area contributed by atoms with Crippen molar-refractivity contribution in [1.29, 1.82) is 0 Å². The molecule has 11 heteroatoms. The van der Waals surface area contributed by atoms with Gasteiger partial charge in [0, 0.05) is 56.6 Å². The van der Waals surface area contributed by atoms with Crippen molar-refractivity contribution >= 4 is 38.6 Å². The maximum Gasteiger partial charge on any atom is 0.293 e. The van der Waals surface area contributed by atoms with Crippen LogP contribution in [0.5, 0.6) is 0 Å². The number of hydrogen-bond donors (Lipinski definition) is 0. The minimum atomic E-state index is -3.79. The van der Waals surface area contributed by atoms with E-state index in [0.29, 0.717) is 38.3 Å². The van der Waals surface area contributed by atoms with Gasteiger partial charge in [-0.25, -0.2) is 8.42 Å². The van der Waals surface area contributed by atoms with Crippen LogP contribution < -0.4 is 4.90 Å².